The summed E-state index contributed by atoms with van der Waals surface area (Å²) in [6, 6.07) is 8.31. The Hall–Kier alpha value is -1.02. The Bertz CT molecular complexity index is 393. The summed E-state index contributed by atoms with van der Waals surface area (Å²) in [5, 5.41) is 0. The second-order valence-corrected chi connectivity index (χ2v) is 5.33. The highest BCUT2D eigenvalue weighted by Gasteiger charge is 2.20. The smallest absolute Gasteiger partial charge is 0.227 e. The fraction of sp³-hybridized carbons (Fsp3) is 0.533. The number of alkyl halides is 1. The molecule has 0 aliphatic carbocycles. The Morgan fingerprint density at radius 3 is 2.06 bits per heavy atom. The first kappa shape index (κ1) is 15.0. The lowest BCUT2D eigenvalue weighted by atomic mass is 10.0. The molecule has 0 saturated carbocycles. The van der Waals surface area contributed by atoms with Gasteiger partial charge in [-0.15, -0.1) is 11.6 Å². The van der Waals surface area contributed by atoms with E-state index in [1.54, 1.807) is 0 Å². The van der Waals surface area contributed by atoms with Crippen LogP contribution in [0.1, 0.15) is 38.8 Å². The summed E-state index contributed by atoms with van der Waals surface area (Å²) in [6.07, 6.45) is 0.430. The number of hydrogen-bond acceptors (Lipinski definition) is 1. The minimum Gasteiger partial charge on any atom is -0.338 e. The lowest BCUT2D eigenvalue weighted by Gasteiger charge is -2.31. The Morgan fingerprint density at radius 1 is 1.11 bits per heavy atom. The van der Waals surface area contributed by atoms with Crippen LogP contribution >= 0.6 is 11.6 Å². The lowest BCUT2D eigenvalue weighted by Crippen LogP contribution is -2.42. The molecule has 0 saturated heterocycles. The number of carbonyl (C=O) groups excluding carboxylic acids is 1. The number of amides is 1. The number of nitrogens with zero attached hydrogens (tertiary/aromatic N) is 1. The molecular formula is C15H22ClNO. The fourth-order valence-corrected chi connectivity index (χ4v) is 2.55. The van der Waals surface area contributed by atoms with Crippen LogP contribution in [0, 0.1) is 0 Å². The van der Waals surface area contributed by atoms with Crippen LogP contribution < -0.4 is 0 Å². The normalized spacial score (nSPS) is 11.1. The summed E-state index contributed by atoms with van der Waals surface area (Å²) in [4.78, 5) is 14.3. The molecule has 2 nitrogen and oxygen atoms in total. The van der Waals surface area contributed by atoms with Crippen LogP contribution in [-0.2, 0) is 17.1 Å². The number of hydrogen-bond donors (Lipinski definition) is 0. The topological polar surface area (TPSA) is 20.3 Å². The molecule has 3 heteroatoms. The van der Waals surface area contributed by atoms with E-state index in [9.17, 15) is 4.79 Å². The summed E-state index contributed by atoms with van der Waals surface area (Å²) < 4.78 is 0. The van der Waals surface area contributed by atoms with Gasteiger partial charge in [-0.05, 0) is 38.8 Å². The molecule has 100 valence electrons. The lowest BCUT2D eigenvalue weighted by molar-refractivity contribution is -0.134. The summed E-state index contributed by atoms with van der Waals surface area (Å²) in [6.45, 7) is 8.19. The highest BCUT2D eigenvalue weighted by atomic mass is 35.5. The molecule has 1 rings (SSSR count). The minimum absolute atomic E-state index is 0.164. The van der Waals surface area contributed by atoms with Gasteiger partial charge in [0, 0.05) is 18.0 Å². The Balaban J connectivity index is 2.86. The van der Waals surface area contributed by atoms with Crippen molar-refractivity contribution in [3.8, 4) is 0 Å². The first-order valence-corrected chi connectivity index (χ1v) is 6.94. The molecule has 18 heavy (non-hydrogen) atoms. The molecule has 0 N–H and O–H groups in total. The number of rotatable bonds is 5. The van der Waals surface area contributed by atoms with Crippen LogP contribution in [0.4, 0.5) is 0 Å². The van der Waals surface area contributed by atoms with E-state index in [1.807, 2.05) is 56.9 Å². The maximum absolute atomic E-state index is 12.3. The molecule has 0 aliphatic heterocycles. The van der Waals surface area contributed by atoms with E-state index in [2.05, 4.69) is 0 Å². The maximum Gasteiger partial charge on any atom is 0.227 e. The molecule has 0 heterocycles. The molecule has 1 aromatic rings. The van der Waals surface area contributed by atoms with Crippen molar-refractivity contribution in [2.75, 3.05) is 0 Å². The second-order valence-electron chi connectivity index (χ2n) is 5.07. The third kappa shape index (κ3) is 3.74. The van der Waals surface area contributed by atoms with Crippen molar-refractivity contribution < 1.29 is 4.79 Å². The van der Waals surface area contributed by atoms with Crippen LogP contribution in [0.3, 0.4) is 0 Å². The highest BCUT2D eigenvalue weighted by molar-refractivity contribution is 6.17. The van der Waals surface area contributed by atoms with E-state index in [-0.39, 0.29) is 18.0 Å². The van der Waals surface area contributed by atoms with Crippen LogP contribution in [0.25, 0.3) is 0 Å². The van der Waals surface area contributed by atoms with Crippen molar-refractivity contribution in [2.45, 2.75) is 52.1 Å². The van der Waals surface area contributed by atoms with E-state index in [0.717, 1.165) is 11.1 Å². The first-order valence-electron chi connectivity index (χ1n) is 6.41. The van der Waals surface area contributed by atoms with Crippen LogP contribution in [0.2, 0.25) is 0 Å². The Kier molecular flexibility index (Phi) is 5.67. The molecule has 0 spiro atoms. The van der Waals surface area contributed by atoms with Gasteiger partial charge < -0.3 is 4.90 Å². The molecular weight excluding hydrogens is 246 g/mol. The largest absolute Gasteiger partial charge is 0.338 e. The van der Waals surface area contributed by atoms with Gasteiger partial charge in [-0.2, -0.15) is 0 Å². The van der Waals surface area contributed by atoms with Crippen LogP contribution in [-0.4, -0.2) is 22.9 Å². The molecule has 0 bridgehead atoms. The molecule has 0 atom stereocenters. The van der Waals surface area contributed by atoms with Gasteiger partial charge in [-0.3, -0.25) is 4.79 Å². The van der Waals surface area contributed by atoms with Gasteiger partial charge in [-0.25, -0.2) is 0 Å². The standard InChI is InChI=1S/C15H22ClNO/c1-11(2)17(12(3)4)15(18)9-13-7-5-6-8-14(13)10-16/h5-8,11-12H,9-10H2,1-4H3. The molecule has 0 radical (unpaired) electrons. The summed E-state index contributed by atoms with van der Waals surface area (Å²) in [5.41, 5.74) is 2.07. The summed E-state index contributed by atoms with van der Waals surface area (Å²) >= 11 is 5.90. The van der Waals surface area contributed by atoms with Crippen molar-refractivity contribution >= 4 is 17.5 Å². The molecule has 1 amide bonds. The fourth-order valence-electron chi connectivity index (χ4n) is 2.29. The van der Waals surface area contributed by atoms with E-state index in [4.69, 9.17) is 11.6 Å². The maximum atomic E-state index is 12.3. The molecule has 0 fully saturated rings. The van der Waals surface area contributed by atoms with Crippen molar-refractivity contribution in [2.24, 2.45) is 0 Å². The van der Waals surface area contributed by atoms with Gasteiger partial charge >= 0.3 is 0 Å². The summed E-state index contributed by atoms with van der Waals surface area (Å²) in [7, 11) is 0. The Morgan fingerprint density at radius 2 is 1.61 bits per heavy atom. The van der Waals surface area contributed by atoms with Crippen molar-refractivity contribution in [1.29, 1.82) is 0 Å². The predicted octanol–water partition coefficient (Wildman–Crippen LogP) is 3.61. The van der Waals surface area contributed by atoms with Gasteiger partial charge in [0.05, 0.1) is 6.42 Å². The zero-order valence-corrected chi connectivity index (χ0v) is 12.4. The third-order valence-electron chi connectivity index (χ3n) is 3.00. The summed E-state index contributed by atoms with van der Waals surface area (Å²) in [5.74, 6) is 0.616. The van der Waals surface area contributed by atoms with Gasteiger partial charge in [-0.1, -0.05) is 24.3 Å². The highest BCUT2D eigenvalue weighted by Crippen LogP contribution is 2.15. The molecule has 1 aromatic carbocycles. The van der Waals surface area contributed by atoms with E-state index in [0.29, 0.717) is 12.3 Å². The third-order valence-corrected chi connectivity index (χ3v) is 3.29. The quantitative estimate of drug-likeness (QED) is 0.747. The van der Waals surface area contributed by atoms with Gasteiger partial charge in [0.25, 0.3) is 0 Å². The van der Waals surface area contributed by atoms with Gasteiger partial charge in [0.1, 0.15) is 0 Å². The van der Waals surface area contributed by atoms with Crippen molar-refractivity contribution in [3.05, 3.63) is 35.4 Å². The number of halogens is 1. The van der Waals surface area contributed by atoms with Crippen molar-refractivity contribution in [3.63, 3.8) is 0 Å². The zero-order chi connectivity index (χ0) is 13.7. The Labute approximate surface area is 115 Å². The number of carbonyl (C=O) groups is 1. The molecule has 0 unspecified atom stereocenters. The van der Waals surface area contributed by atoms with Gasteiger partial charge in [0.15, 0.2) is 0 Å². The second kappa shape index (κ2) is 6.79. The van der Waals surface area contributed by atoms with E-state index < -0.39 is 0 Å². The van der Waals surface area contributed by atoms with Crippen molar-refractivity contribution in [1.82, 2.24) is 4.90 Å². The van der Waals surface area contributed by atoms with Crippen LogP contribution in [0.5, 0.6) is 0 Å². The number of benzene rings is 1. The molecule has 0 aliphatic rings. The molecule has 0 aromatic heterocycles. The predicted molar refractivity (Wildman–Crippen MR) is 76.8 cm³/mol. The van der Waals surface area contributed by atoms with Gasteiger partial charge in [0.2, 0.25) is 5.91 Å². The minimum atomic E-state index is 0.164. The van der Waals surface area contributed by atoms with E-state index >= 15 is 0 Å². The first-order chi connectivity index (χ1) is 8.47. The monoisotopic (exact) mass is 267 g/mol. The SMILES string of the molecule is CC(C)N(C(=O)Cc1ccccc1CCl)C(C)C. The van der Waals surface area contributed by atoms with E-state index in [1.165, 1.54) is 0 Å². The average molecular weight is 268 g/mol. The van der Waals surface area contributed by atoms with Crippen LogP contribution in [0.15, 0.2) is 24.3 Å². The zero-order valence-electron chi connectivity index (χ0n) is 11.6. The average Bonchev–Trinajstić information content (AvgIpc) is 2.28.